The smallest absolute Gasteiger partial charge is 0.139 e. The van der Waals surface area contributed by atoms with Crippen molar-refractivity contribution < 1.29 is 4.79 Å². The highest BCUT2D eigenvalue weighted by atomic mass is 16.1. The van der Waals surface area contributed by atoms with Crippen molar-refractivity contribution in [3.05, 3.63) is 0 Å². The minimum Gasteiger partial charge on any atom is -0.306 e. The van der Waals surface area contributed by atoms with Gasteiger partial charge in [-0.25, -0.2) is 0 Å². The van der Waals surface area contributed by atoms with Crippen LogP contribution in [0.4, 0.5) is 0 Å². The topological polar surface area (TPSA) is 29.1 Å². The van der Waals surface area contributed by atoms with E-state index in [2.05, 4.69) is 5.32 Å². The molecule has 0 aliphatic carbocycles. The van der Waals surface area contributed by atoms with Gasteiger partial charge in [0.2, 0.25) is 0 Å². The van der Waals surface area contributed by atoms with Crippen LogP contribution in [0.3, 0.4) is 0 Å². The Hall–Kier alpha value is -0.370. The molecule has 0 spiro atoms. The second-order valence-corrected chi connectivity index (χ2v) is 2.42. The molecular formula is C7H15NO. The van der Waals surface area contributed by atoms with Gasteiger partial charge in [0.25, 0.3) is 0 Å². The lowest BCUT2D eigenvalue weighted by Crippen LogP contribution is -2.42. The van der Waals surface area contributed by atoms with E-state index in [1.165, 1.54) is 0 Å². The van der Waals surface area contributed by atoms with E-state index >= 15 is 0 Å². The molecule has 9 heavy (non-hydrogen) atoms. The van der Waals surface area contributed by atoms with Crippen LogP contribution in [0.25, 0.3) is 0 Å². The highest BCUT2D eigenvalue weighted by molar-refractivity contribution is 5.63. The van der Waals surface area contributed by atoms with E-state index in [1.54, 1.807) is 0 Å². The Morgan fingerprint density at radius 3 is 2.22 bits per heavy atom. The zero-order valence-electron chi connectivity index (χ0n) is 6.40. The fraction of sp³-hybridized carbons (Fsp3) is 0.857. The summed E-state index contributed by atoms with van der Waals surface area (Å²) in [6.45, 7) is 6.75. The summed E-state index contributed by atoms with van der Waals surface area (Å²) in [5.74, 6) is 0. The van der Waals surface area contributed by atoms with Gasteiger partial charge >= 0.3 is 0 Å². The summed E-state index contributed by atoms with van der Waals surface area (Å²) in [6, 6.07) is 0. The first kappa shape index (κ1) is 8.63. The quantitative estimate of drug-likeness (QED) is 0.573. The van der Waals surface area contributed by atoms with Gasteiger partial charge in [0.05, 0.1) is 5.54 Å². The summed E-state index contributed by atoms with van der Waals surface area (Å²) in [7, 11) is 0. The number of hydrogen-bond acceptors (Lipinski definition) is 2. The lowest BCUT2D eigenvalue weighted by molar-refractivity contribution is -0.112. The molecule has 2 nitrogen and oxygen atoms in total. The van der Waals surface area contributed by atoms with E-state index in [4.69, 9.17) is 0 Å². The van der Waals surface area contributed by atoms with Crippen molar-refractivity contribution >= 4 is 6.29 Å². The molecule has 0 aromatic rings. The first-order chi connectivity index (χ1) is 4.18. The number of carbonyl (C=O) groups is 1. The van der Waals surface area contributed by atoms with Crippen LogP contribution in [0.1, 0.15) is 27.2 Å². The van der Waals surface area contributed by atoms with E-state index < -0.39 is 0 Å². The molecule has 1 atom stereocenters. The van der Waals surface area contributed by atoms with E-state index in [9.17, 15) is 4.79 Å². The molecule has 1 N–H and O–H groups in total. The van der Waals surface area contributed by atoms with Gasteiger partial charge in [-0.2, -0.15) is 0 Å². The van der Waals surface area contributed by atoms with Gasteiger partial charge in [-0.15, -0.1) is 0 Å². The average Bonchev–Trinajstić information content (AvgIpc) is 1.89. The maximum Gasteiger partial charge on any atom is 0.139 e. The van der Waals surface area contributed by atoms with Crippen molar-refractivity contribution in [3.8, 4) is 0 Å². The molecule has 0 aliphatic heterocycles. The van der Waals surface area contributed by atoms with E-state index in [1.807, 2.05) is 20.8 Å². The third kappa shape index (κ3) is 2.61. The second kappa shape index (κ2) is 3.62. The maximum atomic E-state index is 10.4. The third-order valence-electron chi connectivity index (χ3n) is 1.58. The summed E-state index contributed by atoms with van der Waals surface area (Å²) < 4.78 is 0. The Morgan fingerprint density at radius 1 is 1.56 bits per heavy atom. The lowest BCUT2D eigenvalue weighted by atomic mass is 10.0. The molecule has 0 aliphatic rings. The molecule has 0 amide bonds. The molecule has 54 valence electrons. The molecule has 0 saturated carbocycles. The van der Waals surface area contributed by atoms with E-state index in [0.29, 0.717) is 0 Å². The van der Waals surface area contributed by atoms with Crippen LogP contribution >= 0.6 is 0 Å². The standard InChI is InChI=1S/C7H15NO/c1-4-7(3,6-9)8-5-2/h6,8H,4-5H2,1-3H3. The van der Waals surface area contributed by atoms with E-state index in [0.717, 1.165) is 19.3 Å². The molecule has 1 unspecified atom stereocenters. The molecule has 0 fully saturated rings. The Kier molecular flexibility index (Phi) is 3.47. The third-order valence-corrected chi connectivity index (χ3v) is 1.58. The minimum absolute atomic E-state index is 0.297. The molecule has 0 radical (unpaired) electrons. The summed E-state index contributed by atoms with van der Waals surface area (Å²) in [6.07, 6.45) is 1.82. The highest BCUT2D eigenvalue weighted by Crippen LogP contribution is 2.03. The van der Waals surface area contributed by atoms with Crippen molar-refractivity contribution in [2.45, 2.75) is 32.7 Å². The Bertz CT molecular complexity index is 92.9. The molecule has 0 aromatic heterocycles. The van der Waals surface area contributed by atoms with Gasteiger partial charge in [0.1, 0.15) is 6.29 Å². The lowest BCUT2D eigenvalue weighted by Gasteiger charge is -2.21. The van der Waals surface area contributed by atoms with Crippen molar-refractivity contribution in [2.75, 3.05) is 6.54 Å². The van der Waals surface area contributed by atoms with Gasteiger partial charge in [-0.3, -0.25) is 0 Å². The minimum atomic E-state index is -0.297. The zero-order valence-corrected chi connectivity index (χ0v) is 6.40. The van der Waals surface area contributed by atoms with Crippen molar-refractivity contribution in [2.24, 2.45) is 0 Å². The predicted octanol–water partition coefficient (Wildman–Crippen LogP) is 0.964. The van der Waals surface area contributed by atoms with Crippen LogP contribution in [0.15, 0.2) is 0 Å². The number of carbonyl (C=O) groups excluding carboxylic acids is 1. The maximum absolute atomic E-state index is 10.4. The van der Waals surface area contributed by atoms with Crippen LogP contribution < -0.4 is 5.32 Å². The summed E-state index contributed by atoms with van der Waals surface area (Å²) in [4.78, 5) is 10.4. The number of aldehydes is 1. The van der Waals surface area contributed by atoms with E-state index in [-0.39, 0.29) is 5.54 Å². The average molecular weight is 129 g/mol. The van der Waals surface area contributed by atoms with Gasteiger partial charge in [-0.1, -0.05) is 13.8 Å². The molecule has 0 heterocycles. The van der Waals surface area contributed by atoms with Gasteiger partial charge in [0, 0.05) is 0 Å². The van der Waals surface area contributed by atoms with Crippen molar-refractivity contribution in [1.82, 2.24) is 5.32 Å². The Labute approximate surface area is 56.6 Å². The number of rotatable bonds is 4. The SMILES string of the molecule is CCNC(C)(C=O)CC. The van der Waals surface area contributed by atoms with Gasteiger partial charge in [0.15, 0.2) is 0 Å². The van der Waals surface area contributed by atoms with Crippen LogP contribution in [0.5, 0.6) is 0 Å². The molecule has 0 rings (SSSR count). The predicted molar refractivity (Wildman–Crippen MR) is 38.4 cm³/mol. The fourth-order valence-electron chi connectivity index (χ4n) is 0.654. The molecule has 2 heteroatoms. The first-order valence-corrected chi connectivity index (χ1v) is 3.40. The zero-order chi connectivity index (χ0) is 7.33. The number of nitrogens with one attached hydrogen (secondary N) is 1. The normalized spacial score (nSPS) is 16.8. The fourth-order valence-corrected chi connectivity index (χ4v) is 0.654. The van der Waals surface area contributed by atoms with Crippen LogP contribution in [0.2, 0.25) is 0 Å². The van der Waals surface area contributed by atoms with Crippen LogP contribution in [-0.2, 0) is 4.79 Å². The largest absolute Gasteiger partial charge is 0.306 e. The van der Waals surface area contributed by atoms with Crippen molar-refractivity contribution in [3.63, 3.8) is 0 Å². The Morgan fingerprint density at radius 2 is 2.11 bits per heavy atom. The second-order valence-electron chi connectivity index (χ2n) is 2.42. The molecule has 0 aromatic carbocycles. The van der Waals surface area contributed by atoms with Gasteiger partial charge < -0.3 is 10.1 Å². The van der Waals surface area contributed by atoms with Crippen LogP contribution in [-0.4, -0.2) is 18.4 Å². The monoisotopic (exact) mass is 129 g/mol. The van der Waals surface area contributed by atoms with Gasteiger partial charge in [-0.05, 0) is 19.9 Å². The molecular weight excluding hydrogens is 114 g/mol. The Balaban J connectivity index is 3.76. The van der Waals surface area contributed by atoms with Crippen LogP contribution in [0, 0.1) is 0 Å². The first-order valence-electron chi connectivity index (χ1n) is 3.40. The molecule has 0 bridgehead atoms. The highest BCUT2D eigenvalue weighted by Gasteiger charge is 2.17. The number of hydrogen-bond donors (Lipinski definition) is 1. The van der Waals surface area contributed by atoms with Crippen molar-refractivity contribution in [1.29, 1.82) is 0 Å². The summed E-state index contributed by atoms with van der Waals surface area (Å²) in [5.41, 5.74) is -0.297. The summed E-state index contributed by atoms with van der Waals surface area (Å²) in [5, 5.41) is 3.09. The number of likely N-dealkylation sites (N-methyl/N-ethyl adjacent to an activating group) is 1. The molecule has 0 saturated heterocycles. The summed E-state index contributed by atoms with van der Waals surface area (Å²) >= 11 is 0.